The lowest BCUT2D eigenvalue weighted by Gasteiger charge is -2.22. The van der Waals surface area contributed by atoms with Crippen molar-refractivity contribution in [3.8, 4) is 0 Å². The topological polar surface area (TPSA) is 60.4 Å². The Morgan fingerprint density at radius 3 is 2.22 bits per heavy atom. The fourth-order valence-corrected chi connectivity index (χ4v) is 2.55. The summed E-state index contributed by atoms with van der Waals surface area (Å²) >= 11 is 0. The van der Waals surface area contributed by atoms with Crippen molar-refractivity contribution < 1.29 is 9.53 Å². The van der Waals surface area contributed by atoms with Gasteiger partial charge in [0, 0.05) is 52.3 Å². The number of nitrogens with zero attached hydrogens (tertiary/aromatic N) is 4. The largest absolute Gasteiger partial charge is 0.461 e. The van der Waals surface area contributed by atoms with Gasteiger partial charge in [0.15, 0.2) is 5.71 Å². The Morgan fingerprint density at radius 2 is 1.70 bits per heavy atom. The summed E-state index contributed by atoms with van der Waals surface area (Å²) in [5, 5.41) is 9.12. The van der Waals surface area contributed by atoms with Gasteiger partial charge in [-0.05, 0) is 45.0 Å². The van der Waals surface area contributed by atoms with Gasteiger partial charge in [0.05, 0.1) is 18.8 Å². The monoisotopic (exact) mass is 375 g/mol. The molecule has 0 amide bonds. The Kier molecular flexibility index (Phi) is 9.79. The fourth-order valence-electron chi connectivity index (χ4n) is 2.55. The molecule has 7 heteroatoms. The zero-order chi connectivity index (χ0) is 20.2. The molecule has 0 saturated heterocycles. The summed E-state index contributed by atoms with van der Waals surface area (Å²) in [5.41, 5.74) is 2.42. The highest BCUT2D eigenvalue weighted by Crippen LogP contribution is 2.20. The van der Waals surface area contributed by atoms with Crippen LogP contribution >= 0.6 is 0 Å². The summed E-state index contributed by atoms with van der Waals surface area (Å²) in [5.74, 6) is -0.409. The lowest BCUT2D eigenvalue weighted by atomic mass is 10.2. The molecule has 0 aliphatic rings. The van der Waals surface area contributed by atoms with Crippen molar-refractivity contribution in [2.75, 3.05) is 57.3 Å². The van der Waals surface area contributed by atoms with Crippen LogP contribution < -0.4 is 15.2 Å². The number of anilines is 2. The van der Waals surface area contributed by atoms with E-state index < -0.39 is 5.97 Å². The molecule has 0 unspecified atom stereocenters. The van der Waals surface area contributed by atoms with E-state index in [0.29, 0.717) is 18.9 Å². The molecule has 0 atom stereocenters. The number of nitrogens with one attached hydrogen (secondary N) is 1. The van der Waals surface area contributed by atoms with E-state index in [1.54, 1.807) is 18.1 Å². The molecule has 1 aromatic rings. The predicted octanol–water partition coefficient (Wildman–Crippen LogP) is 2.51. The molecule has 0 aromatic heterocycles. The molecule has 0 aliphatic heterocycles. The average molecular weight is 376 g/mol. The quantitative estimate of drug-likeness (QED) is 0.364. The maximum absolute atomic E-state index is 12.3. The Balaban J connectivity index is 2.99. The third-order valence-electron chi connectivity index (χ3n) is 4.03. The second kappa shape index (κ2) is 11.8. The van der Waals surface area contributed by atoms with Gasteiger partial charge >= 0.3 is 5.97 Å². The number of rotatable bonds is 11. The number of carbonyl (C=O) groups is 1. The number of carbonyl (C=O) groups excluding carboxylic acids is 1. The van der Waals surface area contributed by atoms with Gasteiger partial charge in [-0.2, -0.15) is 5.10 Å². The van der Waals surface area contributed by atoms with Gasteiger partial charge in [0.25, 0.3) is 0 Å². The van der Waals surface area contributed by atoms with Gasteiger partial charge in [-0.1, -0.05) is 0 Å². The lowest BCUT2D eigenvalue weighted by molar-refractivity contribution is -0.135. The van der Waals surface area contributed by atoms with Crippen molar-refractivity contribution in [1.82, 2.24) is 10.2 Å². The molecular weight excluding hydrogens is 342 g/mol. The predicted molar refractivity (Wildman–Crippen MR) is 113 cm³/mol. The summed E-state index contributed by atoms with van der Waals surface area (Å²) in [7, 11) is 5.52. The first-order valence-electron chi connectivity index (χ1n) is 9.34. The molecule has 0 bridgehead atoms. The third kappa shape index (κ3) is 7.21. The molecule has 1 rings (SSSR count). The second-order valence-electron chi connectivity index (χ2n) is 6.00. The van der Waals surface area contributed by atoms with E-state index in [-0.39, 0.29) is 0 Å². The normalized spacial score (nSPS) is 11.4. The molecule has 27 heavy (non-hydrogen) atoms. The van der Waals surface area contributed by atoms with E-state index in [2.05, 4.69) is 41.3 Å². The maximum atomic E-state index is 12.3. The Labute approximate surface area is 163 Å². The fraction of sp³-hybridized carbons (Fsp3) is 0.500. The number of hydrogen-bond acceptors (Lipinski definition) is 7. The summed E-state index contributed by atoms with van der Waals surface area (Å²) in [6, 6.07) is 8.15. The summed E-state index contributed by atoms with van der Waals surface area (Å²) in [6.07, 6.45) is 3.63. The lowest BCUT2D eigenvalue weighted by Crippen LogP contribution is -2.31. The smallest absolute Gasteiger partial charge is 0.356 e. The third-order valence-corrected chi connectivity index (χ3v) is 4.03. The van der Waals surface area contributed by atoms with Crippen LogP contribution in [0.5, 0.6) is 0 Å². The van der Waals surface area contributed by atoms with Crippen LogP contribution in [0.25, 0.3) is 0 Å². The molecular formula is C20H33N5O2. The first-order valence-corrected chi connectivity index (χ1v) is 9.34. The van der Waals surface area contributed by atoms with Gasteiger partial charge in [-0.25, -0.2) is 4.79 Å². The van der Waals surface area contributed by atoms with Crippen LogP contribution in [0.15, 0.2) is 41.8 Å². The highest BCUT2D eigenvalue weighted by molar-refractivity contribution is 6.37. The molecule has 0 radical (unpaired) electrons. The van der Waals surface area contributed by atoms with Gasteiger partial charge in [0.1, 0.15) is 0 Å². The molecule has 1 aromatic carbocycles. The number of esters is 1. The minimum Gasteiger partial charge on any atom is -0.461 e. The van der Waals surface area contributed by atoms with E-state index in [9.17, 15) is 4.79 Å². The first kappa shape index (κ1) is 22.3. The van der Waals surface area contributed by atoms with Gasteiger partial charge in [-0.3, -0.25) is 5.01 Å². The maximum Gasteiger partial charge on any atom is 0.356 e. The molecule has 0 heterocycles. The van der Waals surface area contributed by atoms with Crippen molar-refractivity contribution in [2.24, 2.45) is 5.10 Å². The van der Waals surface area contributed by atoms with Crippen molar-refractivity contribution in [1.29, 1.82) is 0 Å². The van der Waals surface area contributed by atoms with E-state index in [0.717, 1.165) is 18.8 Å². The Morgan fingerprint density at radius 1 is 1.11 bits per heavy atom. The highest BCUT2D eigenvalue weighted by Gasteiger charge is 2.16. The van der Waals surface area contributed by atoms with Gasteiger partial charge < -0.3 is 19.9 Å². The Bertz CT molecular complexity index is 624. The van der Waals surface area contributed by atoms with Crippen LogP contribution in [0.3, 0.4) is 0 Å². The van der Waals surface area contributed by atoms with E-state index >= 15 is 0 Å². The SMILES string of the molecule is CCOC(=O)/C(CN(C)/C=C\NC)=N\N(C)c1ccc(N(CC)CC)cc1. The average Bonchev–Trinajstić information content (AvgIpc) is 2.67. The van der Waals surface area contributed by atoms with Gasteiger partial charge in [-0.15, -0.1) is 0 Å². The van der Waals surface area contributed by atoms with Crippen LogP contribution in [0, 0.1) is 0 Å². The van der Waals surface area contributed by atoms with Crippen molar-refractivity contribution in [3.05, 3.63) is 36.7 Å². The summed E-state index contributed by atoms with van der Waals surface area (Å²) in [4.78, 5) is 16.4. The van der Waals surface area contributed by atoms with E-state index in [1.807, 2.05) is 44.4 Å². The molecule has 0 spiro atoms. The zero-order valence-electron chi connectivity index (χ0n) is 17.4. The van der Waals surface area contributed by atoms with Gasteiger partial charge in [0.2, 0.25) is 0 Å². The summed E-state index contributed by atoms with van der Waals surface area (Å²) < 4.78 is 5.16. The number of benzene rings is 1. The first-order chi connectivity index (χ1) is 13.0. The second-order valence-corrected chi connectivity index (χ2v) is 6.00. The van der Waals surface area contributed by atoms with Crippen LogP contribution in [-0.4, -0.2) is 64.0 Å². The molecule has 7 nitrogen and oxygen atoms in total. The number of ether oxygens (including phenoxy) is 1. The Hall–Kier alpha value is -2.70. The number of hydrogen-bond donors (Lipinski definition) is 1. The molecule has 150 valence electrons. The number of hydrazone groups is 1. The van der Waals surface area contributed by atoms with Crippen molar-refractivity contribution >= 4 is 23.1 Å². The minimum atomic E-state index is -0.409. The molecule has 1 N–H and O–H groups in total. The molecule has 0 fully saturated rings. The van der Waals surface area contributed by atoms with Crippen LogP contribution in [0.2, 0.25) is 0 Å². The molecule has 0 aliphatic carbocycles. The van der Waals surface area contributed by atoms with Crippen molar-refractivity contribution in [2.45, 2.75) is 20.8 Å². The highest BCUT2D eigenvalue weighted by atomic mass is 16.5. The zero-order valence-corrected chi connectivity index (χ0v) is 17.4. The van der Waals surface area contributed by atoms with Crippen molar-refractivity contribution in [3.63, 3.8) is 0 Å². The van der Waals surface area contributed by atoms with Crippen LogP contribution in [-0.2, 0) is 9.53 Å². The standard InChI is InChI=1S/C20H33N5O2/c1-7-25(8-2)18-12-10-17(11-13-18)24(6)22-19(20(26)27-9-3)16-23(5)15-14-21-4/h10-15,21H,7-9,16H2,1-6H3/b15-14-,22-19-. The van der Waals surface area contributed by atoms with Crippen LogP contribution in [0.1, 0.15) is 20.8 Å². The van der Waals surface area contributed by atoms with E-state index in [4.69, 9.17) is 4.74 Å². The van der Waals surface area contributed by atoms with Crippen LogP contribution in [0.4, 0.5) is 11.4 Å². The summed E-state index contributed by atoms with van der Waals surface area (Å²) in [6.45, 7) is 8.65. The molecule has 0 saturated carbocycles. The van der Waals surface area contributed by atoms with E-state index in [1.165, 1.54) is 5.69 Å². The minimum absolute atomic E-state index is 0.316.